The van der Waals surface area contributed by atoms with Crippen LogP contribution in [0.15, 0.2) is 35.4 Å². The molecule has 0 aliphatic rings. The zero-order valence-electron chi connectivity index (χ0n) is 9.09. The van der Waals surface area contributed by atoms with E-state index in [-0.39, 0.29) is 6.04 Å². The molecule has 80 valence electrons. The zero-order chi connectivity index (χ0) is 11.3. The van der Waals surface area contributed by atoms with Gasteiger partial charge in [0.1, 0.15) is 0 Å². The molecule has 1 aromatic rings. The number of benzene rings is 1. The maximum atomic E-state index is 8.42. The van der Waals surface area contributed by atoms with Gasteiger partial charge in [0.05, 0.1) is 5.54 Å². The molecule has 0 saturated carbocycles. The van der Waals surface area contributed by atoms with Gasteiger partial charge in [-0.3, -0.25) is 0 Å². The minimum atomic E-state index is -0.551. The van der Waals surface area contributed by atoms with Crippen molar-refractivity contribution in [3.05, 3.63) is 46.3 Å². The fourth-order valence-electron chi connectivity index (χ4n) is 1.31. The first-order valence-corrected chi connectivity index (χ1v) is 4.92. The maximum Gasteiger partial charge on any atom is 0.0585 e. The van der Waals surface area contributed by atoms with Gasteiger partial charge >= 0.3 is 0 Å². The summed E-state index contributed by atoms with van der Waals surface area (Å²) in [6.45, 7) is 3.70. The van der Waals surface area contributed by atoms with Crippen LogP contribution in [0.1, 0.15) is 19.4 Å². The first-order valence-electron chi connectivity index (χ1n) is 4.92. The molecule has 0 aliphatic carbocycles. The lowest BCUT2D eigenvalue weighted by Crippen LogP contribution is -2.42. The third-order valence-electron chi connectivity index (χ3n) is 2.51. The zero-order valence-corrected chi connectivity index (χ0v) is 9.09. The Morgan fingerprint density at radius 2 is 2.00 bits per heavy atom. The third-order valence-corrected chi connectivity index (χ3v) is 2.51. The number of hydrogen-bond acceptors (Lipinski definition) is 2. The molecule has 0 bridgehead atoms. The van der Waals surface area contributed by atoms with Crippen molar-refractivity contribution in [2.45, 2.75) is 31.8 Å². The van der Waals surface area contributed by atoms with Crippen LogP contribution < -0.4 is 5.73 Å². The molecule has 0 saturated heterocycles. The van der Waals surface area contributed by atoms with Crippen molar-refractivity contribution in [1.29, 1.82) is 0 Å². The van der Waals surface area contributed by atoms with Crippen LogP contribution in [0.25, 0.3) is 10.4 Å². The Balaban J connectivity index is 2.71. The molecule has 2 N–H and O–H groups in total. The molecular formula is C11H16N4. The quantitative estimate of drug-likeness (QED) is 0.457. The second kappa shape index (κ2) is 4.82. The Labute approximate surface area is 89.7 Å². The molecule has 15 heavy (non-hydrogen) atoms. The van der Waals surface area contributed by atoms with Gasteiger partial charge in [-0.25, -0.2) is 0 Å². The molecule has 0 aliphatic heterocycles. The van der Waals surface area contributed by atoms with Gasteiger partial charge in [-0.05, 0) is 17.5 Å². The number of rotatable bonds is 4. The topological polar surface area (TPSA) is 74.8 Å². The molecule has 0 aromatic heterocycles. The smallest absolute Gasteiger partial charge is 0.0585 e. The van der Waals surface area contributed by atoms with Crippen molar-refractivity contribution in [2.24, 2.45) is 10.8 Å². The lowest BCUT2D eigenvalue weighted by molar-refractivity contribution is 0.405. The predicted octanol–water partition coefficient (Wildman–Crippen LogP) is 2.65. The summed E-state index contributed by atoms with van der Waals surface area (Å²) in [5.41, 5.74) is 15.0. The molecular weight excluding hydrogens is 188 g/mol. The monoisotopic (exact) mass is 204 g/mol. The van der Waals surface area contributed by atoms with Gasteiger partial charge in [0, 0.05) is 11.0 Å². The second-order valence-corrected chi connectivity index (χ2v) is 4.14. The fourth-order valence-corrected chi connectivity index (χ4v) is 1.31. The molecule has 4 heteroatoms. The SMILES string of the molecule is CC(C)(N=[N+]=[N-])C(N)Cc1ccccc1. The summed E-state index contributed by atoms with van der Waals surface area (Å²) in [6, 6.07) is 9.78. The molecule has 1 unspecified atom stereocenters. The normalized spacial score (nSPS) is 13.0. The van der Waals surface area contributed by atoms with Crippen molar-refractivity contribution in [2.75, 3.05) is 0 Å². The van der Waals surface area contributed by atoms with Crippen molar-refractivity contribution in [3.8, 4) is 0 Å². The van der Waals surface area contributed by atoms with Crippen LogP contribution in [0.5, 0.6) is 0 Å². The third kappa shape index (κ3) is 3.27. The summed E-state index contributed by atoms with van der Waals surface area (Å²) in [5.74, 6) is 0. The highest BCUT2D eigenvalue weighted by Crippen LogP contribution is 2.17. The molecule has 0 fully saturated rings. The van der Waals surface area contributed by atoms with E-state index in [1.54, 1.807) is 0 Å². The van der Waals surface area contributed by atoms with Crippen LogP contribution in [-0.2, 0) is 6.42 Å². The minimum Gasteiger partial charge on any atom is -0.327 e. The number of hydrogen-bond donors (Lipinski definition) is 1. The Hall–Kier alpha value is -1.51. The van der Waals surface area contributed by atoms with Gasteiger partial charge in [-0.1, -0.05) is 49.3 Å². The van der Waals surface area contributed by atoms with Crippen molar-refractivity contribution >= 4 is 0 Å². The number of azide groups is 1. The number of nitrogens with two attached hydrogens (primary N) is 1. The highest BCUT2D eigenvalue weighted by atomic mass is 15.2. The Kier molecular flexibility index (Phi) is 3.72. The van der Waals surface area contributed by atoms with Crippen LogP contribution in [0.4, 0.5) is 0 Å². The second-order valence-electron chi connectivity index (χ2n) is 4.14. The molecule has 1 rings (SSSR count). The molecule has 0 spiro atoms. The summed E-state index contributed by atoms with van der Waals surface area (Å²) >= 11 is 0. The van der Waals surface area contributed by atoms with Gasteiger partial charge in [0.25, 0.3) is 0 Å². The van der Waals surface area contributed by atoms with Crippen LogP contribution in [-0.4, -0.2) is 11.6 Å². The van der Waals surface area contributed by atoms with Crippen molar-refractivity contribution in [3.63, 3.8) is 0 Å². The van der Waals surface area contributed by atoms with Crippen LogP contribution in [0, 0.1) is 0 Å². The van der Waals surface area contributed by atoms with Crippen molar-refractivity contribution < 1.29 is 0 Å². The molecule has 4 nitrogen and oxygen atoms in total. The molecule has 1 atom stereocenters. The predicted molar refractivity (Wildman–Crippen MR) is 61.3 cm³/mol. The van der Waals surface area contributed by atoms with Gasteiger partial charge < -0.3 is 5.73 Å². The van der Waals surface area contributed by atoms with Gasteiger partial charge in [0.15, 0.2) is 0 Å². The van der Waals surface area contributed by atoms with E-state index in [4.69, 9.17) is 11.3 Å². The van der Waals surface area contributed by atoms with Crippen LogP contribution in [0.2, 0.25) is 0 Å². The standard InChI is InChI=1S/C11H16N4/c1-11(2,14-15-13)10(12)8-9-6-4-3-5-7-9/h3-7,10H,8,12H2,1-2H3. The van der Waals surface area contributed by atoms with E-state index in [2.05, 4.69) is 10.0 Å². The lowest BCUT2D eigenvalue weighted by Gasteiger charge is -2.26. The van der Waals surface area contributed by atoms with E-state index >= 15 is 0 Å². The minimum absolute atomic E-state index is 0.171. The van der Waals surface area contributed by atoms with Gasteiger partial charge in [0.2, 0.25) is 0 Å². The van der Waals surface area contributed by atoms with Crippen molar-refractivity contribution in [1.82, 2.24) is 0 Å². The van der Waals surface area contributed by atoms with Crippen LogP contribution in [0.3, 0.4) is 0 Å². The molecule has 0 amide bonds. The Morgan fingerprint density at radius 1 is 1.40 bits per heavy atom. The molecule has 0 heterocycles. The highest BCUT2D eigenvalue weighted by Gasteiger charge is 2.24. The summed E-state index contributed by atoms with van der Waals surface area (Å²) in [6.07, 6.45) is 0.715. The molecule has 1 aromatic carbocycles. The van der Waals surface area contributed by atoms with Gasteiger partial charge in [-0.2, -0.15) is 0 Å². The van der Waals surface area contributed by atoms with E-state index in [9.17, 15) is 0 Å². The molecule has 0 radical (unpaired) electrons. The summed E-state index contributed by atoms with van der Waals surface area (Å²) in [5, 5.41) is 3.71. The van der Waals surface area contributed by atoms with E-state index in [1.165, 1.54) is 0 Å². The first-order chi connectivity index (χ1) is 7.06. The average Bonchev–Trinajstić information content (AvgIpc) is 2.19. The largest absolute Gasteiger partial charge is 0.327 e. The maximum absolute atomic E-state index is 8.42. The fraction of sp³-hybridized carbons (Fsp3) is 0.455. The van der Waals surface area contributed by atoms with Gasteiger partial charge in [-0.15, -0.1) is 0 Å². The number of nitrogens with zero attached hydrogens (tertiary/aromatic N) is 3. The Bertz CT molecular complexity index is 352. The van der Waals surface area contributed by atoms with Crippen LogP contribution >= 0.6 is 0 Å². The van der Waals surface area contributed by atoms with E-state index in [0.717, 1.165) is 5.56 Å². The summed E-state index contributed by atoms with van der Waals surface area (Å²) < 4.78 is 0. The Morgan fingerprint density at radius 3 is 2.53 bits per heavy atom. The van der Waals surface area contributed by atoms with E-state index in [1.807, 2.05) is 44.2 Å². The average molecular weight is 204 g/mol. The first kappa shape index (κ1) is 11.6. The lowest BCUT2D eigenvalue weighted by atomic mass is 9.91. The highest BCUT2D eigenvalue weighted by molar-refractivity contribution is 5.17. The van der Waals surface area contributed by atoms with E-state index < -0.39 is 5.54 Å². The summed E-state index contributed by atoms with van der Waals surface area (Å²) in [4.78, 5) is 2.82. The van der Waals surface area contributed by atoms with E-state index in [0.29, 0.717) is 6.42 Å². The summed E-state index contributed by atoms with van der Waals surface area (Å²) in [7, 11) is 0.